The van der Waals surface area contributed by atoms with E-state index in [0.29, 0.717) is 5.84 Å². The number of hydrogen-bond donors (Lipinski definition) is 2. The van der Waals surface area contributed by atoms with Crippen LogP contribution in [-0.4, -0.2) is 11.5 Å². The minimum Gasteiger partial charge on any atom is -0.405 e. The van der Waals surface area contributed by atoms with Gasteiger partial charge < -0.3 is 11.5 Å². The van der Waals surface area contributed by atoms with Crippen molar-refractivity contribution in [3.05, 3.63) is 125 Å². The van der Waals surface area contributed by atoms with Gasteiger partial charge in [0.15, 0.2) is 5.84 Å². The number of nitrogen functional groups attached to an aromatic ring is 1. The van der Waals surface area contributed by atoms with E-state index in [1.54, 1.807) is 6.20 Å². The number of rotatable bonds is 6. The van der Waals surface area contributed by atoms with E-state index in [4.69, 9.17) is 21.5 Å². The lowest BCUT2D eigenvalue weighted by Gasteiger charge is -2.30. The lowest BCUT2D eigenvalue weighted by molar-refractivity contribution is 0.649. The quantitative estimate of drug-likeness (QED) is 0.257. The minimum atomic E-state index is -0.115. The van der Waals surface area contributed by atoms with Crippen molar-refractivity contribution in [1.29, 1.82) is 0 Å². The molecule has 0 amide bonds. The molecule has 2 aliphatic rings. The number of nitrogens with zero attached hydrogens (tertiary/aromatic N) is 2. The van der Waals surface area contributed by atoms with E-state index in [0.717, 1.165) is 45.6 Å². The molecular formula is C32H30N4. The summed E-state index contributed by atoms with van der Waals surface area (Å²) in [4.78, 5) is 10.2. The smallest absolute Gasteiger partial charge is 0.155 e. The van der Waals surface area contributed by atoms with Gasteiger partial charge in [0.05, 0.1) is 17.7 Å². The van der Waals surface area contributed by atoms with Gasteiger partial charge in [-0.2, -0.15) is 0 Å². The van der Waals surface area contributed by atoms with Gasteiger partial charge in [-0.05, 0) is 60.0 Å². The van der Waals surface area contributed by atoms with Gasteiger partial charge in [-0.15, -0.1) is 0 Å². The minimum absolute atomic E-state index is 0.113. The molecule has 1 heterocycles. The molecule has 1 aliphatic carbocycles. The van der Waals surface area contributed by atoms with Crippen LogP contribution in [-0.2, 0) is 0 Å². The summed E-state index contributed by atoms with van der Waals surface area (Å²) in [5.41, 5.74) is 20.3. The van der Waals surface area contributed by atoms with Crippen LogP contribution in [0, 0.1) is 17.8 Å². The molecule has 4 N–H and O–H groups in total. The van der Waals surface area contributed by atoms with E-state index in [1.165, 1.54) is 5.56 Å². The van der Waals surface area contributed by atoms with Crippen LogP contribution in [0.15, 0.2) is 107 Å². The van der Waals surface area contributed by atoms with Crippen LogP contribution in [0.1, 0.15) is 60.0 Å². The molecule has 0 saturated carbocycles. The van der Waals surface area contributed by atoms with Gasteiger partial charge in [-0.1, -0.05) is 85.5 Å². The largest absolute Gasteiger partial charge is 0.405 e. The second-order valence-electron chi connectivity index (χ2n) is 9.04. The molecule has 0 bridgehead atoms. The van der Waals surface area contributed by atoms with E-state index in [9.17, 15) is 0 Å². The van der Waals surface area contributed by atoms with Crippen LogP contribution < -0.4 is 11.5 Å². The number of nitrogens with two attached hydrogens (primary N) is 2. The fourth-order valence-electron chi connectivity index (χ4n) is 5.13. The number of anilines is 1. The first kappa shape index (κ1) is 23.4. The van der Waals surface area contributed by atoms with Gasteiger partial charge in [-0.25, -0.2) is 4.99 Å². The predicted octanol–water partition coefficient (Wildman–Crippen LogP) is 6.15. The molecule has 0 radical (unpaired) electrons. The monoisotopic (exact) mass is 470 g/mol. The second-order valence-corrected chi connectivity index (χ2v) is 9.04. The van der Waals surface area contributed by atoms with Gasteiger partial charge in [-0.3, -0.25) is 4.99 Å². The Kier molecular flexibility index (Phi) is 6.56. The summed E-state index contributed by atoms with van der Waals surface area (Å²) in [5, 5.41) is 0. The van der Waals surface area contributed by atoms with Gasteiger partial charge in [0.25, 0.3) is 0 Å². The number of hydrogen-bond acceptors (Lipinski definition) is 4. The van der Waals surface area contributed by atoms with Crippen molar-refractivity contribution in [2.24, 2.45) is 21.6 Å². The molecule has 3 aromatic carbocycles. The van der Waals surface area contributed by atoms with E-state index in [-0.39, 0.29) is 17.9 Å². The van der Waals surface area contributed by atoms with Crippen molar-refractivity contribution in [1.82, 2.24) is 0 Å². The zero-order chi connectivity index (χ0) is 25.1. The zero-order valence-electron chi connectivity index (χ0n) is 20.6. The lowest BCUT2D eigenvalue weighted by atomic mass is 9.80. The zero-order valence-corrected chi connectivity index (χ0v) is 20.6. The molecular weight excluding hydrogens is 440 g/mol. The van der Waals surface area contributed by atoms with Crippen LogP contribution in [0.5, 0.6) is 0 Å². The fraction of sp³-hybridized carbons (Fsp3) is 0.188. The van der Waals surface area contributed by atoms with Crippen LogP contribution >= 0.6 is 0 Å². The second kappa shape index (κ2) is 10.1. The van der Waals surface area contributed by atoms with Gasteiger partial charge >= 0.3 is 0 Å². The molecule has 0 fully saturated rings. The van der Waals surface area contributed by atoms with E-state index in [1.807, 2.05) is 43.3 Å². The molecule has 0 aromatic heterocycles. The Bertz CT molecular complexity index is 1460. The number of fused-ring (bicyclic) bond motifs is 3. The Morgan fingerprint density at radius 3 is 2.50 bits per heavy atom. The average Bonchev–Trinajstić information content (AvgIpc) is 2.93. The molecule has 4 heteroatoms. The fourth-order valence-corrected chi connectivity index (χ4v) is 5.13. The summed E-state index contributed by atoms with van der Waals surface area (Å²) in [6, 6.07) is 24.8. The summed E-state index contributed by atoms with van der Waals surface area (Å²) >= 11 is 0. The van der Waals surface area contributed by atoms with Crippen LogP contribution in [0.3, 0.4) is 0 Å². The summed E-state index contributed by atoms with van der Waals surface area (Å²) < 4.78 is 0. The van der Waals surface area contributed by atoms with E-state index >= 15 is 0 Å². The van der Waals surface area contributed by atoms with E-state index < -0.39 is 0 Å². The van der Waals surface area contributed by atoms with Gasteiger partial charge in [0.2, 0.25) is 0 Å². The van der Waals surface area contributed by atoms with Crippen molar-refractivity contribution in [2.75, 3.05) is 5.73 Å². The molecule has 3 unspecified atom stereocenters. The molecule has 36 heavy (non-hydrogen) atoms. The third-order valence-corrected chi connectivity index (χ3v) is 6.97. The predicted molar refractivity (Wildman–Crippen MR) is 150 cm³/mol. The first-order valence-corrected chi connectivity index (χ1v) is 12.4. The molecule has 1 aliphatic heterocycles. The van der Waals surface area contributed by atoms with Crippen molar-refractivity contribution in [2.45, 2.75) is 32.2 Å². The Balaban J connectivity index is 1.57. The number of amidine groups is 1. The maximum atomic E-state index is 6.30. The topological polar surface area (TPSA) is 76.8 Å². The van der Waals surface area contributed by atoms with Gasteiger partial charge in [0.1, 0.15) is 0 Å². The normalized spacial score (nSPS) is 19.4. The van der Waals surface area contributed by atoms with Crippen LogP contribution in [0.25, 0.3) is 0 Å². The highest BCUT2D eigenvalue weighted by atomic mass is 15.0. The highest BCUT2D eigenvalue weighted by Gasteiger charge is 2.34. The van der Waals surface area contributed by atoms with Crippen LogP contribution in [0.4, 0.5) is 5.69 Å². The third kappa shape index (κ3) is 4.25. The first-order valence-electron chi connectivity index (χ1n) is 12.4. The number of aliphatic imine (C=N–C) groups is 2. The van der Waals surface area contributed by atoms with E-state index in [2.05, 4.69) is 67.3 Å². The first-order chi connectivity index (χ1) is 17.6. The molecule has 3 atom stereocenters. The van der Waals surface area contributed by atoms with Crippen molar-refractivity contribution >= 4 is 17.2 Å². The number of allylic oxidation sites excluding steroid dienone is 3. The maximum Gasteiger partial charge on any atom is 0.155 e. The number of para-hydroxylation sites is 1. The Labute approximate surface area is 213 Å². The van der Waals surface area contributed by atoms with Crippen LogP contribution in [0.2, 0.25) is 0 Å². The highest BCUT2D eigenvalue weighted by Crippen LogP contribution is 2.38. The molecule has 0 spiro atoms. The molecule has 3 aromatic rings. The third-order valence-electron chi connectivity index (χ3n) is 6.97. The highest BCUT2D eigenvalue weighted by molar-refractivity contribution is 6.17. The number of benzene rings is 3. The van der Waals surface area contributed by atoms with Crippen molar-refractivity contribution < 1.29 is 0 Å². The van der Waals surface area contributed by atoms with Crippen molar-refractivity contribution in [3.8, 4) is 11.8 Å². The SMILES string of the molecule is C/C=C(\C=C/N)C1=NC(c2ccc(C(CC)c3ccccc3N)cc2)=NC2c3ccccc3C#CC12. The summed E-state index contributed by atoms with van der Waals surface area (Å²) in [5.74, 6) is 7.57. The summed E-state index contributed by atoms with van der Waals surface area (Å²) in [7, 11) is 0. The Morgan fingerprint density at radius 1 is 1.03 bits per heavy atom. The molecule has 0 saturated heterocycles. The average molecular weight is 471 g/mol. The molecule has 4 nitrogen and oxygen atoms in total. The van der Waals surface area contributed by atoms with Gasteiger partial charge in [0, 0.05) is 22.7 Å². The molecule has 178 valence electrons. The Hall–Kier alpha value is -4.36. The summed E-state index contributed by atoms with van der Waals surface area (Å²) in [6.45, 7) is 4.19. The lowest BCUT2D eigenvalue weighted by Crippen LogP contribution is -2.29. The maximum absolute atomic E-state index is 6.30. The standard InChI is InChI=1S/C32H30N4/c1-3-21(19-20-33)30-28-18-17-22-9-5-6-10-26(22)31(28)36-32(35-30)24-15-13-23(14-16-24)25(4-2)27-11-7-8-12-29(27)34/h3,5-16,19-20,25,28,31H,4,33-34H2,1-2H3/b20-19-,21-3+. The molecule has 5 rings (SSSR count). The summed E-state index contributed by atoms with van der Waals surface area (Å²) in [6.07, 6.45) is 6.44. The van der Waals surface area contributed by atoms with Crippen molar-refractivity contribution in [3.63, 3.8) is 0 Å². The Morgan fingerprint density at radius 2 is 1.78 bits per heavy atom.